The predicted molar refractivity (Wildman–Crippen MR) is 163 cm³/mol. The molecule has 4 aromatic carbocycles. The van der Waals surface area contributed by atoms with Crippen molar-refractivity contribution in [2.75, 3.05) is 13.1 Å². The first-order valence-corrected chi connectivity index (χ1v) is 14.3. The minimum absolute atomic E-state index is 0.0400. The number of carbonyl (C=O) groups excluding carboxylic acids is 1. The number of rotatable bonds is 8. The zero-order chi connectivity index (χ0) is 29.2. The van der Waals surface area contributed by atoms with Gasteiger partial charge in [-0.15, -0.1) is 0 Å². The van der Waals surface area contributed by atoms with E-state index in [0.717, 1.165) is 52.6 Å². The molecular formula is C35H32FN3O3. The lowest BCUT2D eigenvalue weighted by atomic mass is 9.92. The van der Waals surface area contributed by atoms with Crippen molar-refractivity contribution in [1.82, 2.24) is 15.2 Å². The molecule has 0 aliphatic carbocycles. The van der Waals surface area contributed by atoms with Crippen LogP contribution in [0.1, 0.15) is 39.9 Å². The first-order chi connectivity index (χ1) is 20.4. The molecule has 2 heterocycles. The van der Waals surface area contributed by atoms with Crippen LogP contribution in [0.15, 0.2) is 85.1 Å². The molecule has 0 saturated carbocycles. The summed E-state index contributed by atoms with van der Waals surface area (Å²) in [7, 11) is 0. The lowest BCUT2D eigenvalue weighted by molar-refractivity contribution is -0.139. The number of hydrogen-bond acceptors (Lipinski definition) is 4. The van der Waals surface area contributed by atoms with Crippen LogP contribution in [0.25, 0.3) is 32.8 Å². The Labute approximate surface area is 243 Å². The van der Waals surface area contributed by atoms with E-state index in [-0.39, 0.29) is 12.0 Å². The van der Waals surface area contributed by atoms with Gasteiger partial charge in [0.2, 0.25) is 0 Å². The average molecular weight is 562 g/mol. The predicted octanol–water partition coefficient (Wildman–Crippen LogP) is 6.52. The fourth-order valence-corrected chi connectivity index (χ4v) is 6.14. The average Bonchev–Trinajstić information content (AvgIpc) is 3.50. The quantitative estimate of drug-likeness (QED) is 0.225. The number of aryl methyl sites for hydroxylation is 1. The zero-order valence-electron chi connectivity index (χ0n) is 23.4. The molecular weight excluding hydrogens is 529 g/mol. The van der Waals surface area contributed by atoms with Gasteiger partial charge >= 0.3 is 5.97 Å². The third kappa shape index (κ3) is 5.35. The molecule has 1 aliphatic rings. The van der Waals surface area contributed by atoms with Gasteiger partial charge in [-0.25, -0.2) is 9.18 Å². The van der Waals surface area contributed by atoms with E-state index in [1.54, 1.807) is 13.0 Å². The normalized spacial score (nSPS) is 14.3. The van der Waals surface area contributed by atoms with Crippen molar-refractivity contribution in [3.63, 3.8) is 0 Å². The number of pyridine rings is 1. The lowest BCUT2D eigenvalue weighted by Gasteiger charge is -2.18. The molecule has 1 aromatic heterocycles. The van der Waals surface area contributed by atoms with Crippen LogP contribution < -0.4 is 5.32 Å². The number of nitrogens with one attached hydrogen (secondary N) is 1. The molecule has 7 heteroatoms. The van der Waals surface area contributed by atoms with Crippen LogP contribution >= 0.6 is 0 Å². The van der Waals surface area contributed by atoms with E-state index in [2.05, 4.69) is 34.5 Å². The van der Waals surface area contributed by atoms with Crippen molar-refractivity contribution in [1.29, 1.82) is 0 Å². The number of aromatic nitrogens is 1. The van der Waals surface area contributed by atoms with Gasteiger partial charge < -0.3 is 10.4 Å². The highest BCUT2D eigenvalue weighted by atomic mass is 19.1. The van der Waals surface area contributed by atoms with Crippen LogP contribution in [0.4, 0.5) is 4.39 Å². The second-order valence-electron chi connectivity index (χ2n) is 11.0. The maximum absolute atomic E-state index is 14.4. The van der Waals surface area contributed by atoms with E-state index in [0.29, 0.717) is 5.56 Å². The molecule has 5 aromatic rings. The summed E-state index contributed by atoms with van der Waals surface area (Å²) >= 11 is 0. The van der Waals surface area contributed by atoms with E-state index < -0.39 is 23.7 Å². The number of carboxylic acid groups (broad SMARTS) is 1. The first-order valence-electron chi connectivity index (χ1n) is 14.3. The maximum atomic E-state index is 14.4. The van der Waals surface area contributed by atoms with Crippen LogP contribution in [0.5, 0.6) is 0 Å². The number of halogens is 1. The van der Waals surface area contributed by atoms with E-state index in [1.165, 1.54) is 35.9 Å². The monoisotopic (exact) mass is 561 g/mol. The third-order valence-electron chi connectivity index (χ3n) is 8.23. The Morgan fingerprint density at radius 2 is 1.55 bits per heavy atom. The van der Waals surface area contributed by atoms with Crippen LogP contribution in [-0.2, 0) is 17.8 Å². The van der Waals surface area contributed by atoms with Gasteiger partial charge in [0.15, 0.2) is 0 Å². The van der Waals surface area contributed by atoms with Gasteiger partial charge in [0, 0.05) is 30.1 Å². The largest absolute Gasteiger partial charge is 0.480 e. The first kappa shape index (κ1) is 27.5. The summed E-state index contributed by atoms with van der Waals surface area (Å²) in [6.45, 7) is 4.78. The highest BCUT2D eigenvalue weighted by molar-refractivity contribution is 6.05. The van der Waals surface area contributed by atoms with E-state index in [9.17, 15) is 19.1 Å². The molecule has 0 bridgehead atoms. The van der Waals surface area contributed by atoms with Crippen LogP contribution in [0, 0.1) is 12.7 Å². The Hall–Kier alpha value is -4.62. The fraction of sp³-hybridized carbons (Fsp3) is 0.229. The minimum Gasteiger partial charge on any atom is -0.480 e. The molecule has 1 saturated heterocycles. The Balaban J connectivity index is 1.36. The molecule has 1 atom stereocenters. The summed E-state index contributed by atoms with van der Waals surface area (Å²) in [5.41, 5.74) is 4.17. The minimum atomic E-state index is -1.24. The molecule has 1 fully saturated rings. The Morgan fingerprint density at radius 1 is 0.881 bits per heavy atom. The number of nitrogens with zero attached hydrogens (tertiary/aromatic N) is 2. The molecule has 1 aliphatic heterocycles. The zero-order valence-corrected chi connectivity index (χ0v) is 23.4. The van der Waals surface area contributed by atoms with Gasteiger partial charge in [0.1, 0.15) is 11.9 Å². The molecule has 212 valence electrons. The van der Waals surface area contributed by atoms with E-state index in [1.807, 2.05) is 42.6 Å². The van der Waals surface area contributed by atoms with Gasteiger partial charge in [0.25, 0.3) is 5.91 Å². The third-order valence-corrected chi connectivity index (χ3v) is 8.23. The molecule has 6 rings (SSSR count). The van der Waals surface area contributed by atoms with Crippen molar-refractivity contribution in [2.45, 2.75) is 38.8 Å². The lowest BCUT2D eigenvalue weighted by Crippen LogP contribution is -2.42. The Kier molecular flexibility index (Phi) is 7.68. The summed E-state index contributed by atoms with van der Waals surface area (Å²) in [5.74, 6) is -2.62. The van der Waals surface area contributed by atoms with Crippen LogP contribution in [0.3, 0.4) is 0 Å². The highest BCUT2D eigenvalue weighted by Crippen LogP contribution is 2.35. The molecule has 42 heavy (non-hydrogen) atoms. The van der Waals surface area contributed by atoms with Gasteiger partial charge in [-0.05, 0) is 77.8 Å². The number of aliphatic carboxylic acids is 1. The topological polar surface area (TPSA) is 82.5 Å². The van der Waals surface area contributed by atoms with Gasteiger partial charge in [-0.2, -0.15) is 0 Å². The number of carbonyl (C=O) groups is 2. The number of likely N-dealkylation sites (tertiary alicyclic amines) is 1. The second kappa shape index (κ2) is 11.7. The van der Waals surface area contributed by atoms with E-state index in [4.69, 9.17) is 4.98 Å². The van der Waals surface area contributed by atoms with Crippen molar-refractivity contribution < 1.29 is 19.1 Å². The number of carboxylic acids is 1. The van der Waals surface area contributed by atoms with Crippen molar-refractivity contribution in [3.8, 4) is 11.3 Å². The van der Waals surface area contributed by atoms with Gasteiger partial charge in [0.05, 0.1) is 11.3 Å². The number of hydrogen-bond donors (Lipinski definition) is 2. The fourth-order valence-electron chi connectivity index (χ4n) is 6.14. The molecule has 2 N–H and O–H groups in total. The Bertz CT molecular complexity index is 1790. The number of benzene rings is 4. The maximum Gasteiger partial charge on any atom is 0.326 e. The van der Waals surface area contributed by atoms with Crippen LogP contribution in [0.2, 0.25) is 0 Å². The summed E-state index contributed by atoms with van der Waals surface area (Å²) in [6.07, 6.45) is 4.38. The van der Waals surface area contributed by atoms with Crippen molar-refractivity contribution >= 4 is 33.4 Å². The number of amides is 1. The molecule has 1 amide bonds. The summed E-state index contributed by atoms with van der Waals surface area (Å²) in [6, 6.07) is 23.3. The van der Waals surface area contributed by atoms with Gasteiger partial charge in [-0.1, -0.05) is 66.7 Å². The smallest absolute Gasteiger partial charge is 0.326 e. The van der Waals surface area contributed by atoms with Gasteiger partial charge in [-0.3, -0.25) is 14.7 Å². The van der Waals surface area contributed by atoms with Crippen molar-refractivity contribution in [2.24, 2.45) is 0 Å². The highest BCUT2D eigenvalue weighted by Gasteiger charge is 2.25. The summed E-state index contributed by atoms with van der Waals surface area (Å²) in [4.78, 5) is 32.5. The molecule has 6 nitrogen and oxygen atoms in total. The summed E-state index contributed by atoms with van der Waals surface area (Å²) < 4.78 is 14.4. The second-order valence-corrected chi connectivity index (χ2v) is 11.0. The molecule has 0 radical (unpaired) electrons. The standard InChI is InChI=1S/C35H32FN3O3/c1-22-8-4-15-30(36)32(22)34(40)38-31(35(41)42)20-23-9-5-12-27-25(23)11-7-14-29(27)33-28-13-6-10-24(26(28)16-17-37-33)21-39-18-2-3-19-39/h4-17,31H,2-3,18-21H2,1H3,(H,38,40)(H,41,42)/t31-/m0/s1. The summed E-state index contributed by atoms with van der Waals surface area (Å²) in [5, 5.41) is 16.6. The number of fused-ring (bicyclic) bond motifs is 2. The SMILES string of the molecule is Cc1cccc(F)c1C(=O)N[C@@H](Cc1cccc2c(-c3nccc4c(CN5CCCC5)cccc34)cccc12)C(=O)O. The van der Waals surface area contributed by atoms with Crippen LogP contribution in [-0.4, -0.2) is 46.0 Å². The van der Waals surface area contributed by atoms with E-state index >= 15 is 0 Å². The van der Waals surface area contributed by atoms with Crippen molar-refractivity contribution in [3.05, 3.63) is 113 Å². The Morgan fingerprint density at radius 3 is 2.31 bits per heavy atom. The molecule has 0 unspecified atom stereocenters. The molecule has 0 spiro atoms.